The van der Waals surface area contributed by atoms with Crippen LogP contribution in [0, 0.1) is 0 Å². The Hall–Kier alpha value is 0.177. The summed E-state index contributed by atoms with van der Waals surface area (Å²) < 4.78 is 1.18. The van der Waals surface area contributed by atoms with E-state index in [1.165, 1.54) is 17.2 Å². The fourth-order valence-electron chi connectivity index (χ4n) is 0.540. The van der Waals surface area contributed by atoms with E-state index in [9.17, 15) is 0 Å². The number of quaternary nitrogens is 1. The van der Waals surface area contributed by atoms with Gasteiger partial charge in [0.25, 0.3) is 0 Å². The first kappa shape index (κ1) is 8.18. The zero-order valence-electron chi connectivity index (χ0n) is 6.36. The summed E-state index contributed by atoms with van der Waals surface area (Å²) in [4.78, 5) is 0. The molecule has 48 valence electrons. The van der Waals surface area contributed by atoms with Crippen molar-refractivity contribution in [1.82, 2.24) is 0 Å². The average molecular weight is 130 g/mol. The van der Waals surface area contributed by atoms with Crippen LogP contribution >= 0.6 is 0 Å². The Morgan fingerprint density at radius 2 is 1.88 bits per heavy atom. The maximum absolute atomic E-state index is 2.27. The minimum Gasteiger partial charge on any atom is -0.333 e. The number of rotatable bonds is 3. The van der Waals surface area contributed by atoms with Crippen molar-refractivity contribution >= 4 is 9.52 Å². The highest BCUT2D eigenvalue weighted by Crippen LogP contribution is 1.91. The number of hydrogen-bond donors (Lipinski definition) is 0. The molecular formula is C6H16NSi+. The molecule has 0 unspecified atom stereocenters. The molecule has 0 atom stereocenters. The summed E-state index contributed by atoms with van der Waals surface area (Å²) >= 11 is 0. The van der Waals surface area contributed by atoms with Crippen LogP contribution in [0.2, 0.25) is 6.55 Å². The molecule has 0 fully saturated rings. The molecule has 0 bridgehead atoms. The van der Waals surface area contributed by atoms with E-state index in [2.05, 4.69) is 27.6 Å². The third kappa shape index (κ3) is 3.21. The van der Waals surface area contributed by atoms with E-state index in [1.807, 2.05) is 0 Å². The normalized spacial score (nSPS) is 12.0. The molecule has 0 N–H and O–H groups in total. The standard InChI is InChI=1S/C6H16NSi/c1-5-7(2,3)6-8-4/h5-6H2,1-4H3/q+1. The molecule has 0 saturated carbocycles. The van der Waals surface area contributed by atoms with Gasteiger partial charge < -0.3 is 4.48 Å². The lowest BCUT2D eigenvalue weighted by atomic mass is 10.6. The van der Waals surface area contributed by atoms with E-state index in [4.69, 9.17) is 0 Å². The van der Waals surface area contributed by atoms with Gasteiger partial charge in [0.1, 0.15) is 9.52 Å². The molecule has 0 aromatic rings. The molecule has 0 aliphatic carbocycles. The van der Waals surface area contributed by atoms with E-state index in [0.717, 1.165) is 9.52 Å². The van der Waals surface area contributed by atoms with Gasteiger partial charge in [-0.15, -0.1) is 0 Å². The van der Waals surface area contributed by atoms with Crippen molar-refractivity contribution in [2.45, 2.75) is 13.5 Å². The molecule has 0 rings (SSSR count). The fraction of sp³-hybridized carbons (Fsp3) is 1.00. The molecule has 0 amide bonds. The lowest BCUT2D eigenvalue weighted by molar-refractivity contribution is -0.877. The van der Waals surface area contributed by atoms with Gasteiger partial charge in [-0.25, -0.2) is 0 Å². The predicted molar refractivity (Wildman–Crippen MR) is 39.1 cm³/mol. The van der Waals surface area contributed by atoms with Gasteiger partial charge in [-0.3, -0.25) is 0 Å². The van der Waals surface area contributed by atoms with Gasteiger partial charge in [-0.2, -0.15) is 0 Å². The van der Waals surface area contributed by atoms with Crippen molar-refractivity contribution < 1.29 is 4.48 Å². The van der Waals surface area contributed by atoms with Gasteiger partial charge in [0.2, 0.25) is 0 Å². The lowest BCUT2D eigenvalue weighted by Gasteiger charge is -2.27. The fourth-order valence-corrected chi connectivity index (χ4v) is 1.62. The molecular weight excluding hydrogens is 114 g/mol. The van der Waals surface area contributed by atoms with E-state index >= 15 is 0 Å². The summed E-state index contributed by atoms with van der Waals surface area (Å²) in [5.74, 6) is 0. The second-order valence-electron chi connectivity index (χ2n) is 2.76. The average Bonchev–Trinajstić information content (AvgIpc) is 1.67. The SMILES string of the molecule is CC[N+](C)(C)C[Si]C. The van der Waals surface area contributed by atoms with Crippen LogP contribution in [-0.2, 0) is 0 Å². The van der Waals surface area contributed by atoms with Gasteiger partial charge >= 0.3 is 0 Å². The summed E-state index contributed by atoms with van der Waals surface area (Å²) in [6, 6.07) is 0. The van der Waals surface area contributed by atoms with Crippen LogP contribution in [0.15, 0.2) is 0 Å². The molecule has 2 radical (unpaired) electrons. The first-order valence-electron chi connectivity index (χ1n) is 3.09. The zero-order chi connectivity index (χ0) is 6.62. The maximum Gasteiger partial charge on any atom is 0.112 e. The second kappa shape index (κ2) is 3.25. The molecule has 0 aliphatic rings. The highest BCUT2D eigenvalue weighted by Gasteiger charge is 2.07. The van der Waals surface area contributed by atoms with Crippen molar-refractivity contribution in [3.05, 3.63) is 0 Å². The van der Waals surface area contributed by atoms with Gasteiger partial charge in [-0.1, -0.05) is 6.55 Å². The van der Waals surface area contributed by atoms with Crippen molar-refractivity contribution in [3.8, 4) is 0 Å². The van der Waals surface area contributed by atoms with E-state index in [0.29, 0.717) is 0 Å². The van der Waals surface area contributed by atoms with Gasteiger partial charge in [0.05, 0.1) is 26.8 Å². The molecule has 0 aromatic heterocycles. The predicted octanol–water partition coefficient (Wildman–Crippen LogP) is 0.792. The zero-order valence-corrected chi connectivity index (χ0v) is 7.36. The Morgan fingerprint density at radius 1 is 1.38 bits per heavy atom. The summed E-state index contributed by atoms with van der Waals surface area (Å²) in [5, 5.41) is 0. The van der Waals surface area contributed by atoms with E-state index < -0.39 is 0 Å². The molecule has 2 heteroatoms. The van der Waals surface area contributed by atoms with Crippen molar-refractivity contribution in [3.63, 3.8) is 0 Å². The third-order valence-corrected chi connectivity index (χ3v) is 2.61. The Morgan fingerprint density at radius 3 is 2.00 bits per heavy atom. The molecule has 0 aromatic carbocycles. The Kier molecular flexibility index (Phi) is 3.32. The molecule has 8 heavy (non-hydrogen) atoms. The largest absolute Gasteiger partial charge is 0.333 e. The van der Waals surface area contributed by atoms with Crippen LogP contribution in [-0.4, -0.2) is 40.8 Å². The summed E-state index contributed by atoms with van der Waals surface area (Å²) in [6.45, 7) is 5.75. The highest BCUT2D eigenvalue weighted by atomic mass is 28.2. The lowest BCUT2D eigenvalue weighted by Crippen LogP contribution is -2.41. The second-order valence-corrected chi connectivity index (χ2v) is 3.79. The monoisotopic (exact) mass is 130 g/mol. The van der Waals surface area contributed by atoms with Crippen molar-refractivity contribution in [2.75, 3.05) is 26.8 Å². The van der Waals surface area contributed by atoms with Crippen molar-refractivity contribution in [2.24, 2.45) is 0 Å². The maximum atomic E-state index is 2.27. The summed E-state index contributed by atoms with van der Waals surface area (Å²) in [6.07, 6.45) is 1.33. The Bertz CT molecular complexity index is 61.5. The molecule has 0 saturated heterocycles. The van der Waals surface area contributed by atoms with Crippen LogP contribution in [0.1, 0.15) is 6.92 Å². The first-order valence-corrected chi connectivity index (χ1v) is 4.79. The first-order chi connectivity index (χ1) is 3.62. The Labute approximate surface area is 55.1 Å². The third-order valence-electron chi connectivity index (χ3n) is 1.44. The number of hydrogen-bond acceptors (Lipinski definition) is 0. The molecule has 0 heterocycles. The van der Waals surface area contributed by atoms with Gasteiger partial charge in [0, 0.05) is 0 Å². The number of nitrogens with zero attached hydrogens (tertiary/aromatic N) is 1. The summed E-state index contributed by atoms with van der Waals surface area (Å²) in [7, 11) is 5.64. The molecule has 0 aliphatic heterocycles. The van der Waals surface area contributed by atoms with Crippen LogP contribution in [0.4, 0.5) is 0 Å². The minimum atomic E-state index is 1.09. The highest BCUT2D eigenvalue weighted by molar-refractivity contribution is 6.33. The molecule has 1 nitrogen and oxygen atoms in total. The van der Waals surface area contributed by atoms with E-state index in [-0.39, 0.29) is 0 Å². The van der Waals surface area contributed by atoms with E-state index in [1.54, 1.807) is 0 Å². The topological polar surface area (TPSA) is 0 Å². The summed E-state index contributed by atoms with van der Waals surface area (Å²) in [5.41, 5.74) is 0. The van der Waals surface area contributed by atoms with Crippen LogP contribution in [0.5, 0.6) is 0 Å². The minimum absolute atomic E-state index is 1.09. The van der Waals surface area contributed by atoms with Gasteiger partial charge in [0.15, 0.2) is 0 Å². The van der Waals surface area contributed by atoms with Crippen LogP contribution < -0.4 is 0 Å². The smallest absolute Gasteiger partial charge is 0.112 e. The van der Waals surface area contributed by atoms with Crippen LogP contribution in [0.3, 0.4) is 0 Å². The van der Waals surface area contributed by atoms with Gasteiger partial charge in [-0.05, 0) is 6.92 Å². The van der Waals surface area contributed by atoms with Crippen LogP contribution in [0.25, 0.3) is 0 Å². The quantitative estimate of drug-likeness (QED) is 0.391. The molecule has 0 spiro atoms. The Balaban J connectivity index is 3.37. The van der Waals surface area contributed by atoms with Crippen molar-refractivity contribution in [1.29, 1.82) is 0 Å².